The average molecular weight is 227 g/mol. The third-order valence-electron chi connectivity index (χ3n) is 2.46. The average Bonchev–Trinajstić information content (AvgIpc) is 2.15. The summed E-state index contributed by atoms with van der Waals surface area (Å²) < 4.78 is 25.7. The molecule has 0 heterocycles. The minimum Gasteiger partial charge on any atom is -0.327 e. The lowest BCUT2D eigenvalue weighted by Crippen LogP contribution is -2.29. The lowest BCUT2D eigenvalue weighted by Gasteiger charge is -2.14. The van der Waals surface area contributed by atoms with E-state index in [0.717, 1.165) is 18.2 Å². The summed E-state index contributed by atoms with van der Waals surface area (Å²) in [5.41, 5.74) is 5.76. The van der Waals surface area contributed by atoms with Crippen LogP contribution in [0.5, 0.6) is 0 Å². The topological polar surface area (TPSA) is 43.1 Å². The van der Waals surface area contributed by atoms with Gasteiger partial charge in [-0.15, -0.1) is 0 Å². The van der Waals surface area contributed by atoms with Gasteiger partial charge in [0.05, 0.1) is 0 Å². The van der Waals surface area contributed by atoms with E-state index in [1.165, 1.54) is 0 Å². The lowest BCUT2D eigenvalue weighted by atomic mass is 9.96. The molecule has 0 radical (unpaired) electrons. The number of carbonyl (C=O) groups excluding carboxylic acids is 1. The summed E-state index contributed by atoms with van der Waals surface area (Å²) in [6, 6.07) is 2.50. The molecule has 2 N–H and O–H groups in total. The molecule has 0 bridgehead atoms. The van der Waals surface area contributed by atoms with Crippen LogP contribution in [0.4, 0.5) is 8.78 Å². The van der Waals surface area contributed by atoms with Crippen molar-refractivity contribution in [2.75, 3.05) is 0 Å². The highest BCUT2D eigenvalue weighted by atomic mass is 19.1. The van der Waals surface area contributed by atoms with Crippen molar-refractivity contribution in [1.29, 1.82) is 0 Å². The quantitative estimate of drug-likeness (QED) is 0.803. The van der Waals surface area contributed by atoms with Crippen molar-refractivity contribution in [3.8, 4) is 0 Å². The van der Waals surface area contributed by atoms with E-state index >= 15 is 0 Å². The number of hydrogen-bond donors (Lipinski definition) is 1. The summed E-state index contributed by atoms with van der Waals surface area (Å²) in [5, 5.41) is 0. The number of Topliss-reactive ketones (excluding diaryl/α,β-unsaturated/α-hetero) is 1. The summed E-state index contributed by atoms with van der Waals surface area (Å²) in [5.74, 6) is -1.68. The molecule has 4 heteroatoms. The van der Waals surface area contributed by atoms with Crippen LogP contribution >= 0.6 is 0 Å². The summed E-state index contributed by atoms with van der Waals surface area (Å²) in [7, 11) is 0. The summed E-state index contributed by atoms with van der Waals surface area (Å²) in [6.07, 6.45) is 0.0978. The van der Waals surface area contributed by atoms with Gasteiger partial charge in [0, 0.05) is 24.1 Å². The van der Waals surface area contributed by atoms with Gasteiger partial charge in [0.25, 0.3) is 0 Å². The molecular formula is C12H15F2NO. The number of rotatable bonds is 4. The number of benzene rings is 1. The number of nitrogens with two attached hydrogens (primary N) is 1. The molecule has 2 nitrogen and oxygen atoms in total. The molecule has 1 aromatic carbocycles. The first-order valence-corrected chi connectivity index (χ1v) is 5.15. The van der Waals surface area contributed by atoms with Crippen LogP contribution < -0.4 is 5.73 Å². The van der Waals surface area contributed by atoms with E-state index in [4.69, 9.17) is 5.73 Å². The monoisotopic (exact) mass is 227 g/mol. The predicted octanol–water partition coefficient (Wildman–Crippen LogP) is 2.52. The van der Waals surface area contributed by atoms with Gasteiger partial charge in [-0.3, -0.25) is 4.79 Å². The molecule has 0 saturated carbocycles. The Morgan fingerprint density at radius 1 is 1.25 bits per heavy atom. The van der Waals surface area contributed by atoms with Gasteiger partial charge >= 0.3 is 0 Å². The maximum absolute atomic E-state index is 12.9. The van der Waals surface area contributed by atoms with E-state index < -0.39 is 11.6 Å². The smallest absolute Gasteiger partial charge is 0.164 e. The van der Waals surface area contributed by atoms with Gasteiger partial charge in [0.1, 0.15) is 11.6 Å². The fourth-order valence-electron chi connectivity index (χ4n) is 1.28. The van der Waals surface area contributed by atoms with Gasteiger partial charge in [-0.25, -0.2) is 8.78 Å². The van der Waals surface area contributed by atoms with Crippen LogP contribution in [-0.2, 0) is 0 Å². The number of carbonyl (C=O) groups is 1. The molecule has 0 amide bonds. The molecule has 0 aromatic heterocycles. The Labute approximate surface area is 93.5 Å². The predicted molar refractivity (Wildman–Crippen MR) is 58.1 cm³/mol. The Balaban J connectivity index is 2.80. The van der Waals surface area contributed by atoms with E-state index in [9.17, 15) is 13.6 Å². The first-order chi connectivity index (χ1) is 7.40. The lowest BCUT2D eigenvalue weighted by molar-refractivity contribution is 0.0967. The van der Waals surface area contributed by atoms with Gasteiger partial charge in [-0.05, 0) is 18.1 Å². The molecule has 16 heavy (non-hydrogen) atoms. The van der Waals surface area contributed by atoms with Gasteiger partial charge in [-0.1, -0.05) is 13.8 Å². The molecule has 0 fully saturated rings. The molecule has 0 aliphatic rings. The molecule has 1 aromatic rings. The zero-order chi connectivity index (χ0) is 12.3. The molecule has 0 saturated heterocycles. The Hall–Kier alpha value is -1.29. The highest BCUT2D eigenvalue weighted by Crippen LogP contribution is 2.13. The van der Waals surface area contributed by atoms with E-state index in [0.29, 0.717) is 0 Å². The van der Waals surface area contributed by atoms with Gasteiger partial charge in [0.15, 0.2) is 5.78 Å². The highest BCUT2D eigenvalue weighted by molar-refractivity contribution is 5.96. The standard InChI is InChI=1S/C12H15F2NO/c1-7(2)11(15)6-12(16)8-3-9(13)5-10(14)4-8/h3-5,7,11H,6,15H2,1-2H3. The van der Waals surface area contributed by atoms with Crippen molar-refractivity contribution in [3.63, 3.8) is 0 Å². The molecular weight excluding hydrogens is 212 g/mol. The molecule has 0 aliphatic heterocycles. The van der Waals surface area contributed by atoms with Crippen LogP contribution in [0.15, 0.2) is 18.2 Å². The van der Waals surface area contributed by atoms with Gasteiger partial charge in [0.2, 0.25) is 0 Å². The van der Waals surface area contributed by atoms with Crippen LogP contribution in [0.2, 0.25) is 0 Å². The van der Waals surface area contributed by atoms with Crippen molar-refractivity contribution >= 4 is 5.78 Å². The second kappa shape index (κ2) is 5.16. The largest absolute Gasteiger partial charge is 0.327 e. The second-order valence-electron chi connectivity index (χ2n) is 4.19. The highest BCUT2D eigenvalue weighted by Gasteiger charge is 2.15. The van der Waals surface area contributed by atoms with E-state index in [-0.39, 0.29) is 29.7 Å². The third kappa shape index (κ3) is 3.38. The second-order valence-corrected chi connectivity index (χ2v) is 4.19. The minimum absolute atomic E-state index is 0.0357. The molecule has 0 spiro atoms. The van der Waals surface area contributed by atoms with E-state index in [2.05, 4.69) is 0 Å². The van der Waals surface area contributed by atoms with Crippen molar-refractivity contribution in [2.24, 2.45) is 11.7 Å². The normalized spacial score (nSPS) is 12.9. The van der Waals surface area contributed by atoms with Crippen molar-refractivity contribution in [1.82, 2.24) is 0 Å². The Morgan fingerprint density at radius 2 is 1.75 bits per heavy atom. The number of hydrogen-bond acceptors (Lipinski definition) is 2. The van der Waals surface area contributed by atoms with Crippen LogP contribution in [0.25, 0.3) is 0 Å². The Kier molecular flexibility index (Phi) is 4.12. The third-order valence-corrected chi connectivity index (χ3v) is 2.46. The Morgan fingerprint density at radius 3 is 2.19 bits per heavy atom. The molecule has 1 unspecified atom stereocenters. The van der Waals surface area contributed by atoms with Crippen LogP contribution in [-0.4, -0.2) is 11.8 Å². The fraction of sp³-hybridized carbons (Fsp3) is 0.417. The van der Waals surface area contributed by atoms with Crippen molar-refractivity contribution < 1.29 is 13.6 Å². The number of halogens is 2. The SMILES string of the molecule is CC(C)C(N)CC(=O)c1cc(F)cc(F)c1. The maximum atomic E-state index is 12.9. The maximum Gasteiger partial charge on any atom is 0.164 e. The molecule has 0 aliphatic carbocycles. The molecule has 88 valence electrons. The molecule has 1 atom stereocenters. The zero-order valence-electron chi connectivity index (χ0n) is 9.34. The van der Waals surface area contributed by atoms with Crippen LogP contribution in [0.3, 0.4) is 0 Å². The van der Waals surface area contributed by atoms with E-state index in [1.807, 2.05) is 13.8 Å². The fourth-order valence-corrected chi connectivity index (χ4v) is 1.28. The minimum atomic E-state index is -0.749. The Bertz CT molecular complexity index is 370. The van der Waals surface area contributed by atoms with Gasteiger partial charge in [-0.2, -0.15) is 0 Å². The molecule has 1 rings (SSSR count). The summed E-state index contributed by atoms with van der Waals surface area (Å²) in [6.45, 7) is 3.79. The van der Waals surface area contributed by atoms with Gasteiger partial charge < -0.3 is 5.73 Å². The first-order valence-electron chi connectivity index (χ1n) is 5.15. The van der Waals surface area contributed by atoms with E-state index in [1.54, 1.807) is 0 Å². The van der Waals surface area contributed by atoms with Crippen LogP contribution in [0.1, 0.15) is 30.6 Å². The first kappa shape index (κ1) is 12.8. The zero-order valence-corrected chi connectivity index (χ0v) is 9.34. The number of ketones is 1. The van der Waals surface area contributed by atoms with Crippen LogP contribution in [0, 0.1) is 17.6 Å². The summed E-state index contributed by atoms with van der Waals surface area (Å²) >= 11 is 0. The summed E-state index contributed by atoms with van der Waals surface area (Å²) in [4.78, 5) is 11.7. The van der Waals surface area contributed by atoms with Crippen molar-refractivity contribution in [2.45, 2.75) is 26.3 Å². The van der Waals surface area contributed by atoms with Crippen molar-refractivity contribution in [3.05, 3.63) is 35.4 Å².